The number of anilines is 1. The Morgan fingerprint density at radius 1 is 1.10 bits per heavy atom. The van der Waals surface area contributed by atoms with E-state index >= 15 is 0 Å². The van der Waals surface area contributed by atoms with Crippen LogP contribution in [0.25, 0.3) is 11.1 Å². The highest BCUT2D eigenvalue weighted by atomic mass is 35.5. The molecule has 0 spiro atoms. The predicted octanol–water partition coefficient (Wildman–Crippen LogP) is 4.10. The van der Waals surface area contributed by atoms with Crippen LogP contribution in [0.5, 0.6) is 0 Å². The first-order valence-corrected chi connectivity index (χ1v) is 6.80. The van der Waals surface area contributed by atoms with Crippen molar-refractivity contribution >= 4 is 17.3 Å². The van der Waals surface area contributed by atoms with Crippen LogP contribution >= 0.6 is 11.6 Å². The van der Waals surface area contributed by atoms with Crippen molar-refractivity contribution < 1.29 is 13.2 Å². The van der Waals surface area contributed by atoms with Crippen LogP contribution in [-0.4, -0.2) is 16.2 Å². The lowest BCUT2D eigenvalue weighted by Crippen LogP contribution is -2.09. The fourth-order valence-electron chi connectivity index (χ4n) is 2.10. The molecule has 0 saturated heterocycles. The third-order valence-electron chi connectivity index (χ3n) is 3.33. The van der Waals surface area contributed by atoms with Gasteiger partial charge in [0.15, 0.2) is 16.8 Å². The minimum Gasteiger partial charge on any atom is -0.380 e. The molecule has 0 atom stereocenters. The maximum Gasteiger partial charge on any atom is 0.169 e. The quantitative estimate of drug-likeness (QED) is 0.867. The zero-order chi connectivity index (χ0) is 15.1. The number of nitrogens with one attached hydrogen (secondary N) is 1. The van der Waals surface area contributed by atoms with Crippen LogP contribution in [0.15, 0.2) is 12.1 Å². The fourth-order valence-corrected chi connectivity index (χ4v) is 2.32. The molecule has 1 fully saturated rings. The lowest BCUT2D eigenvalue weighted by atomic mass is 10.0. The predicted molar refractivity (Wildman–Crippen MR) is 73.7 cm³/mol. The Hall–Kier alpha value is -1.82. The molecule has 1 saturated carbocycles. The van der Waals surface area contributed by atoms with E-state index in [1.807, 2.05) is 0 Å². The molecule has 0 bridgehead atoms. The van der Waals surface area contributed by atoms with Gasteiger partial charge < -0.3 is 5.32 Å². The molecule has 1 aromatic heterocycles. The third kappa shape index (κ3) is 2.55. The molecular weight excluding hydrogens is 303 g/mol. The van der Waals surface area contributed by atoms with Crippen LogP contribution in [0.1, 0.15) is 18.5 Å². The maximum atomic E-state index is 14.0. The Morgan fingerprint density at radius 3 is 2.43 bits per heavy atom. The zero-order valence-electron chi connectivity index (χ0n) is 11.1. The van der Waals surface area contributed by atoms with E-state index in [1.165, 1.54) is 0 Å². The van der Waals surface area contributed by atoms with Crippen LogP contribution in [0.3, 0.4) is 0 Å². The Kier molecular flexibility index (Phi) is 3.49. The van der Waals surface area contributed by atoms with E-state index in [2.05, 4.69) is 15.5 Å². The monoisotopic (exact) mass is 313 g/mol. The fraction of sp³-hybridized carbons (Fsp3) is 0.286. The highest BCUT2D eigenvalue weighted by molar-refractivity contribution is 6.32. The van der Waals surface area contributed by atoms with Gasteiger partial charge >= 0.3 is 0 Å². The average Bonchev–Trinajstić information content (AvgIpc) is 3.25. The largest absolute Gasteiger partial charge is 0.380 e. The highest BCUT2D eigenvalue weighted by Gasteiger charge is 2.28. The lowest BCUT2D eigenvalue weighted by Gasteiger charge is -2.15. The van der Waals surface area contributed by atoms with E-state index in [1.54, 1.807) is 6.92 Å². The number of nitrogens with zero attached hydrogens (tertiary/aromatic N) is 2. The van der Waals surface area contributed by atoms with Gasteiger partial charge in [-0.2, -0.15) is 5.10 Å². The summed E-state index contributed by atoms with van der Waals surface area (Å²) >= 11 is 5.97. The van der Waals surface area contributed by atoms with Gasteiger partial charge in [0.2, 0.25) is 0 Å². The van der Waals surface area contributed by atoms with Gasteiger partial charge in [-0.3, -0.25) is 0 Å². The highest BCUT2D eigenvalue weighted by Crippen LogP contribution is 2.40. The molecule has 0 unspecified atom stereocenters. The summed E-state index contributed by atoms with van der Waals surface area (Å²) in [5, 5.41) is 10.5. The molecule has 0 radical (unpaired) electrons. The summed E-state index contributed by atoms with van der Waals surface area (Å²) < 4.78 is 41.5. The van der Waals surface area contributed by atoms with Crippen LogP contribution < -0.4 is 5.32 Å². The van der Waals surface area contributed by atoms with E-state index < -0.39 is 23.0 Å². The molecule has 0 amide bonds. The summed E-state index contributed by atoms with van der Waals surface area (Å²) in [5.74, 6) is -3.33. The summed E-state index contributed by atoms with van der Waals surface area (Å²) in [6.07, 6.45) is 1.90. The Morgan fingerprint density at radius 2 is 1.76 bits per heavy atom. The van der Waals surface area contributed by atoms with Gasteiger partial charge in [-0.25, -0.2) is 13.2 Å². The third-order valence-corrected chi connectivity index (χ3v) is 3.59. The first-order chi connectivity index (χ1) is 9.99. The van der Waals surface area contributed by atoms with Crippen molar-refractivity contribution in [1.82, 2.24) is 10.2 Å². The van der Waals surface area contributed by atoms with E-state index in [-0.39, 0.29) is 16.8 Å². The van der Waals surface area contributed by atoms with Crippen LogP contribution in [0, 0.1) is 24.4 Å². The van der Waals surface area contributed by atoms with Crippen molar-refractivity contribution in [1.29, 1.82) is 0 Å². The number of hydrogen-bond donors (Lipinski definition) is 1. The van der Waals surface area contributed by atoms with Gasteiger partial charge in [0.25, 0.3) is 0 Å². The number of halogens is 4. The first kappa shape index (κ1) is 14.1. The normalized spacial score (nSPS) is 14.3. The van der Waals surface area contributed by atoms with Crippen molar-refractivity contribution in [2.24, 2.45) is 0 Å². The number of hydrogen-bond acceptors (Lipinski definition) is 3. The molecule has 7 heteroatoms. The van der Waals surface area contributed by atoms with Crippen molar-refractivity contribution in [3.8, 4) is 11.1 Å². The van der Waals surface area contributed by atoms with Gasteiger partial charge in [0.05, 0.1) is 22.5 Å². The average molecular weight is 314 g/mol. The molecule has 3 rings (SSSR count). The van der Waals surface area contributed by atoms with Gasteiger partial charge in [-0.15, -0.1) is 5.10 Å². The summed E-state index contributed by atoms with van der Waals surface area (Å²) in [7, 11) is 0. The maximum absolute atomic E-state index is 14.0. The van der Waals surface area contributed by atoms with Crippen LogP contribution in [-0.2, 0) is 0 Å². The second kappa shape index (κ2) is 5.18. The molecule has 1 heterocycles. The molecular formula is C14H11ClF3N3. The summed E-state index contributed by atoms with van der Waals surface area (Å²) in [5.41, 5.74) is 0.317. The molecule has 1 N–H and O–H groups in total. The lowest BCUT2D eigenvalue weighted by molar-refractivity contribution is 0.499. The van der Waals surface area contributed by atoms with Gasteiger partial charge in [-0.05, 0) is 31.9 Å². The summed E-state index contributed by atoms with van der Waals surface area (Å²) in [6.45, 7) is 1.65. The molecule has 3 nitrogen and oxygen atoms in total. The van der Waals surface area contributed by atoms with Crippen LogP contribution in [0.4, 0.5) is 18.9 Å². The van der Waals surface area contributed by atoms with E-state index in [9.17, 15) is 13.2 Å². The Labute approximate surface area is 124 Å². The molecule has 1 aromatic carbocycles. The number of aryl methyl sites for hydroxylation is 1. The number of aromatic nitrogens is 2. The standard InChI is InChI=1S/C14H11ClF3N3/c1-6-13(19-7-2-3-7)11(14(15)21-20-6)10-8(16)4-5-9(17)12(10)18/h4-5,7H,2-3H2,1H3,(H,19,21). The summed E-state index contributed by atoms with van der Waals surface area (Å²) in [4.78, 5) is 0. The minimum absolute atomic E-state index is 0.00515. The van der Waals surface area contributed by atoms with Crippen LogP contribution in [0.2, 0.25) is 5.15 Å². The molecule has 1 aliphatic carbocycles. The van der Waals surface area contributed by atoms with E-state index in [0.717, 1.165) is 25.0 Å². The SMILES string of the molecule is Cc1nnc(Cl)c(-c2c(F)ccc(F)c2F)c1NC1CC1. The van der Waals surface area contributed by atoms with Crippen molar-refractivity contribution in [2.45, 2.75) is 25.8 Å². The molecule has 1 aliphatic rings. The van der Waals surface area contributed by atoms with Crippen molar-refractivity contribution in [3.63, 3.8) is 0 Å². The second-order valence-electron chi connectivity index (χ2n) is 4.96. The Bertz CT molecular complexity index is 717. The molecule has 2 aromatic rings. The smallest absolute Gasteiger partial charge is 0.169 e. The zero-order valence-corrected chi connectivity index (χ0v) is 11.8. The minimum atomic E-state index is -1.29. The second-order valence-corrected chi connectivity index (χ2v) is 5.32. The topological polar surface area (TPSA) is 37.8 Å². The van der Waals surface area contributed by atoms with Gasteiger partial charge in [0, 0.05) is 6.04 Å². The Balaban J connectivity index is 2.26. The number of rotatable bonds is 3. The number of benzene rings is 1. The van der Waals surface area contributed by atoms with E-state index in [4.69, 9.17) is 11.6 Å². The molecule has 110 valence electrons. The molecule has 21 heavy (non-hydrogen) atoms. The van der Waals surface area contributed by atoms with Gasteiger partial charge in [-0.1, -0.05) is 11.6 Å². The van der Waals surface area contributed by atoms with Crippen molar-refractivity contribution in [2.75, 3.05) is 5.32 Å². The van der Waals surface area contributed by atoms with E-state index in [0.29, 0.717) is 11.4 Å². The van der Waals surface area contributed by atoms with Crippen molar-refractivity contribution in [3.05, 3.63) is 40.4 Å². The van der Waals surface area contributed by atoms with Gasteiger partial charge in [0.1, 0.15) is 5.82 Å². The summed E-state index contributed by atoms with van der Waals surface area (Å²) in [6, 6.07) is 1.81. The molecule has 0 aliphatic heterocycles. The first-order valence-electron chi connectivity index (χ1n) is 6.42.